The van der Waals surface area contributed by atoms with Gasteiger partial charge in [0.15, 0.2) is 11.7 Å². The molecule has 2 fully saturated rings. The zero-order valence-electron chi connectivity index (χ0n) is 12.8. The number of ether oxygens (including phenoxy) is 3. The van der Waals surface area contributed by atoms with Crippen LogP contribution in [0.4, 0.5) is 0 Å². The summed E-state index contributed by atoms with van der Waals surface area (Å²) in [5.74, 6) is 0.0892. The van der Waals surface area contributed by atoms with E-state index in [0.717, 1.165) is 13.0 Å². The summed E-state index contributed by atoms with van der Waals surface area (Å²) >= 11 is 0. The molecule has 0 radical (unpaired) electrons. The van der Waals surface area contributed by atoms with E-state index in [4.69, 9.17) is 19.9 Å². The molecule has 2 aliphatic rings. The van der Waals surface area contributed by atoms with E-state index >= 15 is 0 Å². The molecule has 20 heavy (non-hydrogen) atoms. The van der Waals surface area contributed by atoms with Gasteiger partial charge >= 0.3 is 0 Å². The maximum atomic E-state index is 5.86. The lowest BCUT2D eigenvalue weighted by molar-refractivity contribution is -0.196. The van der Waals surface area contributed by atoms with Crippen molar-refractivity contribution in [1.29, 1.82) is 0 Å². The van der Waals surface area contributed by atoms with Crippen molar-refractivity contribution in [2.75, 3.05) is 39.5 Å². The van der Waals surface area contributed by atoms with E-state index in [9.17, 15) is 0 Å². The Balaban J connectivity index is 1.98. The minimum absolute atomic E-state index is 0.0979. The Bertz CT molecular complexity index is 346. The highest BCUT2D eigenvalue weighted by Crippen LogP contribution is 2.44. The van der Waals surface area contributed by atoms with E-state index in [-0.39, 0.29) is 11.3 Å². The maximum Gasteiger partial charge on any atom is 0.197 e. The Morgan fingerprint density at radius 3 is 2.75 bits per heavy atom. The molecule has 116 valence electrons. The fourth-order valence-corrected chi connectivity index (χ4v) is 2.83. The summed E-state index contributed by atoms with van der Waals surface area (Å²) in [7, 11) is 0. The zero-order chi connectivity index (χ0) is 14.6. The molecule has 1 atom stereocenters. The minimum atomic E-state index is -0.579. The summed E-state index contributed by atoms with van der Waals surface area (Å²) in [6.45, 7) is 10.3. The highest BCUT2D eigenvalue weighted by Gasteiger charge is 2.55. The molecular weight excluding hydrogens is 258 g/mol. The predicted molar refractivity (Wildman–Crippen MR) is 77.5 cm³/mol. The molecule has 2 saturated heterocycles. The molecular formula is C14H27N3O3. The zero-order valence-corrected chi connectivity index (χ0v) is 12.8. The second-order valence-electron chi connectivity index (χ2n) is 6.19. The maximum absolute atomic E-state index is 5.86. The summed E-state index contributed by atoms with van der Waals surface area (Å²) in [6, 6.07) is 0. The second kappa shape index (κ2) is 6.28. The third-order valence-electron chi connectivity index (χ3n) is 4.05. The summed E-state index contributed by atoms with van der Waals surface area (Å²) < 4.78 is 17.3. The van der Waals surface area contributed by atoms with Crippen LogP contribution >= 0.6 is 0 Å². The summed E-state index contributed by atoms with van der Waals surface area (Å²) in [6.07, 6.45) is 1.03. The Morgan fingerprint density at radius 2 is 2.10 bits per heavy atom. The van der Waals surface area contributed by atoms with Crippen molar-refractivity contribution in [3.63, 3.8) is 0 Å². The number of rotatable bonds is 5. The van der Waals surface area contributed by atoms with Gasteiger partial charge in [0, 0.05) is 19.0 Å². The van der Waals surface area contributed by atoms with Gasteiger partial charge in [0.1, 0.15) is 6.61 Å². The Labute approximate surface area is 121 Å². The molecule has 3 N–H and O–H groups in total. The van der Waals surface area contributed by atoms with Crippen LogP contribution in [-0.2, 0) is 14.2 Å². The molecule has 2 heterocycles. The fourth-order valence-electron chi connectivity index (χ4n) is 2.83. The molecule has 0 bridgehead atoms. The highest BCUT2D eigenvalue weighted by molar-refractivity contribution is 5.77. The van der Waals surface area contributed by atoms with Gasteiger partial charge in [-0.15, -0.1) is 0 Å². The third kappa shape index (κ3) is 3.24. The van der Waals surface area contributed by atoms with E-state index in [1.165, 1.54) is 0 Å². The van der Waals surface area contributed by atoms with Gasteiger partial charge in [0.2, 0.25) is 0 Å². The van der Waals surface area contributed by atoms with Crippen LogP contribution in [-0.4, -0.2) is 51.3 Å². The summed E-state index contributed by atoms with van der Waals surface area (Å²) in [5, 5.41) is 3.09. The number of guanidine groups is 1. The van der Waals surface area contributed by atoms with Gasteiger partial charge in [-0.1, -0.05) is 20.8 Å². The first kappa shape index (κ1) is 15.5. The average molecular weight is 285 g/mol. The molecule has 0 saturated carbocycles. The van der Waals surface area contributed by atoms with E-state index < -0.39 is 5.79 Å². The smallest absolute Gasteiger partial charge is 0.197 e. The molecule has 1 spiro atoms. The first-order valence-electron chi connectivity index (χ1n) is 7.39. The monoisotopic (exact) mass is 285 g/mol. The Morgan fingerprint density at radius 1 is 1.40 bits per heavy atom. The van der Waals surface area contributed by atoms with E-state index in [1.807, 2.05) is 0 Å². The van der Waals surface area contributed by atoms with E-state index in [0.29, 0.717) is 38.9 Å². The van der Waals surface area contributed by atoms with Gasteiger partial charge in [0.05, 0.1) is 19.8 Å². The quantitative estimate of drug-likeness (QED) is 0.575. The average Bonchev–Trinajstić information content (AvgIpc) is 3.05. The first-order chi connectivity index (χ1) is 9.50. The molecule has 2 aliphatic heterocycles. The van der Waals surface area contributed by atoms with E-state index in [1.54, 1.807) is 0 Å². The minimum Gasteiger partial charge on any atom is -0.375 e. The van der Waals surface area contributed by atoms with Gasteiger partial charge in [-0.3, -0.25) is 4.99 Å². The van der Waals surface area contributed by atoms with Gasteiger partial charge in [-0.05, 0) is 11.8 Å². The van der Waals surface area contributed by atoms with Crippen LogP contribution in [0.2, 0.25) is 0 Å². The molecule has 2 rings (SSSR count). The van der Waals surface area contributed by atoms with Crippen molar-refractivity contribution in [2.45, 2.75) is 33.0 Å². The van der Waals surface area contributed by atoms with Crippen LogP contribution in [0.15, 0.2) is 4.99 Å². The highest BCUT2D eigenvalue weighted by atomic mass is 16.8. The van der Waals surface area contributed by atoms with Crippen LogP contribution < -0.4 is 11.1 Å². The van der Waals surface area contributed by atoms with Crippen LogP contribution in [0.1, 0.15) is 27.2 Å². The SMILES string of the molecule is CCCNC(N)=NCC(C)(C)C1COCC12OCCO2. The van der Waals surface area contributed by atoms with Crippen LogP contribution in [0.25, 0.3) is 0 Å². The topological polar surface area (TPSA) is 78.1 Å². The summed E-state index contributed by atoms with van der Waals surface area (Å²) in [5.41, 5.74) is 5.76. The molecule has 0 aromatic carbocycles. The molecule has 6 heteroatoms. The van der Waals surface area contributed by atoms with Crippen molar-refractivity contribution >= 4 is 5.96 Å². The van der Waals surface area contributed by atoms with Crippen LogP contribution in [0.5, 0.6) is 0 Å². The third-order valence-corrected chi connectivity index (χ3v) is 4.05. The molecule has 0 amide bonds. The van der Waals surface area contributed by atoms with Crippen LogP contribution in [0, 0.1) is 11.3 Å². The largest absolute Gasteiger partial charge is 0.375 e. The number of nitrogens with two attached hydrogens (primary N) is 1. The number of hydrogen-bond donors (Lipinski definition) is 2. The van der Waals surface area contributed by atoms with Crippen molar-refractivity contribution in [1.82, 2.24) is 5.32 Å². The number of nitrogens with one attached hydrogen (secondary N) is 1. The molecule has 1 unspecified atom stereocenters. The van der Waals surface area contributed by atoms with Crippen molar-refractivity contribution in [3.8, 4) is 0 Å². The lowest BCUT2D eigenvalue weighted by atomic mass is 9.75. The number of aliphatic imine (C=N–C) groups is 1. The summed E-state index contributed by atoms with van der Waals surface area (Å²) in [4.78, 5) is 4.45. The van der Waals surface area contributed by atoms with Gasteiger partial charge < -0.3 is 25.3 Å². The van der Waals surface area contributed by atoms with Crippen molar-refractivity contribution in [2.24, 2.45) is 22.1 Å². The van der Waals surface area contributed by atoms with Gasteiger partial charge in [-0.2, -0.15) is 0 Å². The standard InChI is InChI=1S/C14H27N3O3/c1-4-5-16-12(15)17-9-13(2,3)11-8-18-10-14(11)19-6-7-20-14/h11H,4-10H2,1-3H3,(H3,15,16,17). The Hall–Kier alpha value is -0.850. The van der Waals surface area contributed by atoms with Gasteiger partial charge in [0.25, 0.3) is 0 Å². The Kier molecular flexibility index (Phi) is 4.88. The number of nitrogens with zero attached hydrogens (tertiary/aromatic N) is 1. The molecule has 0 aromatic heterocycles. The lowest BCUT2D eigenvalue weighted by Crippen LogP contribution is -2.47. The lowest BCUT2D eigenvalue weighted by Gasteiger charge is -2.37. The van der Waals surface area contributed by atoms with Crippen molar-refractivity contribution < 1.29 is 14.2 Å². The van der Waals surface area contributed by atoms with Gasteiger partial charge in [-0.25, -0.2) is 0 Å². The number of hydrogen-bond acceptors (Lipinski definition) is 4. The molecule has 0 aliphatic carbocycles. The second-order valence-corrected chi connectivity index (χ2v) is 6.19. The van der Waals surface area contributed by atoms with Crippen molar-refractivity contribution in [3.05, 3.63) is 0 Å². The normalized spacial score (nSPS) is 26.4. The van der Waals surface area contributed by atoms with E-state index in [2.05, 4.69) is 31.1 Å². The predicted octanol–water partition coefficient (Wildman–Crippen LogP) is 0.716. The fraction of sp³-hybridized carbons (Fsp3) is 0.929. The molecule has 0 aromatic rings. The first-order valence-corrected chi connectivity index (χ1v) is 7.39. The molecule has 6 nitrogen and oxygen atoms in total. The van der Waals surface area contributed by atoms with Crippen LogP contribution in [0.3, 0.4) is 0 Å².